The van der Waals surface area contributed by atoms with E-state index in [1.165, 1.54) is 88.7 Å². The Morgan fingerprint density at radius 1 is 0.377 bits per heavy atom. The largest absolute Gasteiger partial charge is 0.309 e. The standard InChI is InChI=1S/C60H57N/c1-57(2,3)41-27-33-54(49(35-41)38-18-12-11-13-19-38)61(43-28-31-48-47-30-26-42(58(4,5)6)36-52(47)60(9,10)53(48)37-43)55-32-25-39-20-14-15-21-44(39)56(55)40-24-29-46-45-22-16-17-23-50(45)59(7,8)51(46)34-40/h11-37H,1-10H3. The van der Waals surface area contributed by atoms with Gasteiger partial charge in [-0.3, -0.25) is 0 Å². The maximum absolute atomic E-state index is 2.57. The molecule has 8 aromatic carbocycles. The Bertz CT molecular complexity index is 3040. The van der Waals surface area contributed by atoms with E-state index in [-0.39, 0.29) is 21.7 Å². The SMILES string of the molecule is CC(C)(C)c1ccc(N(c2ccc3c(c2)C(C)(C)c2cc(C(C)(C)C)ccc2-3)c2ccc3ccccc3c2-c2ccc3c(c2)C(C)(C)c2ccccc2-3)c(-c2ccccc2)c1. The molecular formula is C60H57N. The van der Waals surface area contributed by atoms with E-state index in [1.807, 2.05) is 0 Å². The number of hydrogen-bond acceptors (Lipinski definition) is 1. The Morgan fingerprint density at radius 3 is 1.66 bits per heavy atom. The summed E-state index contributed by atoms with van der Waals surface area (Å²) in [7, 11) is 0. The zero-order valence-corrected chi connectivity index (χ0v) is 37.5. The van der Waals surface area contributed by atoms with E-state index in [2.05, 4.69) is 238 Å². The molecule has 0 saturated heterocycles. The molecule has 0 atom stereocenters. The summed E-state index contributed by atoms with van der Waals surface area (Å²) in [6, 6.07) is 62.4. The lowest BCUT2D eigenvalue weighted by Gasteiger charge is -2.33. The molecule has 10 rings (SSSR count). The van der Waals surface area contributed by atoms with Crippen molar-refractivity contribution >= 4 is 27.8 Å². The van der Waals surface area contributed by atoms with Crippen LogP contribution in [0.15, 0.2) is 164 Å². The summed E-state index contributed by atoms with van der Waals surface area (Å²) in [6.07, 6.45) is 0. The third-order valence-electron chi connectivity index (χ3n) is 14.0. The monoisotopic (exact) mass is 791 g/mol. The van der Waals surface area contributed by atoms with Gasteiger partial charge in [0.25, 0.3) is 0 Å². The van der Waals surface area contributed by atoms with Crippen molar-refractivity contribution in [1.29, 1.82) is 0 Å². The van der Waals surface area contributed by atoms with Crippen LogP contribution >= 0.6 is 0 Å². The third-order valence-corrected chi connectivity index (χ3v) is 14.0. The first-order valence-electron chi connectivity index (χ1n) is 22.1. The van der Waals surface area contributed by atoms with E-state index in [1.54, 1.807) is 0 Å². The molecular weight excluding hydrogens is 735 g/mol. The second-order valence-electron chi connectivity index (χ2n) is 20.7. The van der Waals surface area contributed by atoms with Gasteiger partial charge >= 0.3 is 0 Å². The maximum Gasteiger partial charge on any atom is 0.0546 e. The van der Waals surface area contributed by atoms with Gasteiger partial charge in [0.2, 0.25) is 0 Å². The number of nitrogens with zero attached hydrogens (tertiary/aromatic N) is 1. The maximum atomic E-state index is 2.57. The van der Waals surface area contributed by atoms with Gasteiger partial charge in [-0.2, -0.15) is 0 Å². The van der Waals surface area contributed by atoms with E-state index in [4.69, 9.17) is 0 Å². The fourth-order valence-electron chi connectivity index (χ4n) is 10.4. The molecule has 302 valence electrons. The van der Waals surface area contributed by atoms with Gasteiger partial charge in [-0.05, 0) is 125 Å². The van der Waals surface area contributed by atoms with Crippen LogP contribution in [0.4, 0.5) is 17.1 Å². The molecule has 0 N–H and O–H groups in total. The molecule has 1 nitrogen and oxygen atoms in total. The fraction of sp³-hybridized carbons (Fsp3) is 0.233. The Balaban J connectivity index is 1.27. The van der Waals surface area contributed by atoms with Gasteiger partial charge in [0.05, 0.1) is 11.4 Å². The molecule has 2 aliphatic carbocycles. The zero-order chi connectivity index (χ0) is 42.6. The lowest BCUT2D eigenvalue weighted by Crippen LogP contribution is -2.19. The summed E-state index contributed by atoms with van der Waals surface area (Å²) in [6.45, 7) is 23.5. The molecule has 0 unspecified atom stereocenters. The van der Waals surface area contributed by atoms with Crippen molar-refractivity contribution < 1.29 is 0 Å². The van der Waals surface area contributed by atoms with E-state index in [0.717, 1.165) is 17.1 Å². The Kier molecular flexibility index (Phi) is 8.73. The minimum atomic E-state index is -0.182. The molecule has 2 aliphatic rings. The van der Waals surface area contributed by atoms with Gasteiger partial charge in [-0.15, -0.1) is 0 Å². The van der Waals surface area contributed by atoms with Crippen LogP contribution in [-0.2, 0) is 21.7 Å². The van der Waals surface area contributed by atoms with E-state index >= 15 is 0 Å². The second kappa shape index (κ2) is 13.7. The van der Waals surface area contributed by atoms with Gasteiger partial charge in [0, 0.05) is 27.6 Å². The van der Waals surface area contributed by atoms with Crippen LogP contribution in [0.3, 0.4) is 0 Å². The number of anilines is 3. The number of hydrogen-bond donors (Lipinski definition) is 0. The highest BCUT2D eigenvalue weighted by Gasteiger charge is 2.38. The van der Waals surface area contributed by atoms with Gasteiger partial charge in [-0.25, -0.2) is 0 Å². The lowest BCUT2D eigenvalue weighted by molar-refractivity contribution is 0.584. The average molecular weight is 792 g/mol. The highest BCUT2D eigenvalue weighted by atomic mass is 15.1. The first-order chi connectivity index (χ1) is 29.0. The van der Waals surface area contributed by atoms with Crippen LogP contribution in [0.25, 0.3) is 55.3 Å². The van der Waals surface area contributed by atoms with Crippen molar-refractivity contribution in [2.75, 3.05) is 4.90 Å². The van der Waals surface area contributed by atoms with Crippen molar-refractivity contribution in [3.8, 4) is 44.5 Å². The van der Waals surface area contributed by atoms with Crippen molar-refractivity contribution in [3.05, 3.63) is 197 Å². The van der Waals surface area contributed by atoms with Crippen LogP contribution in [0.2, 0.25) is 0 Å². The van der Waals surface area contributed by atoms with Crippen LogP contribution in [0.1, 0.15) is 103 Å². The minimum absolute atomic E-state index is 0.0227. The number of benzene rings is 8. The first kappa shape index (κ1) is 39.0. The molecule has 1 heteroatoms. The topological polar surface area (TPSA) is 3.24 Å². The highest BCUT2D eigenvalue weighted by Crippen LogP contribution is 2.55. The fourth-order valence-corrected chi connectivity index (χ4v) is 10.4. The van der Waals surface area contributed by atoms with Crippen molar-refractivity contribution in [1.82, 2.24) is 0 Å². The molecule has 0 aromatic heterocycles. The molecule has 0 heterocycles. The summed E-state index contributed by atoms with van der Waals surface area (Å²) in [5.41, 5.74) is 21.7. The van der Waals surface area contributed by atoms with Gasteiger partial charge in [-0.1, -0.05) is 197 Å². The van der Waals surface area contributed by atoms with E-state index in [0.29, 0.717) is 0 Å². The van der Waals surface area contributed by atoms with Gasteiger partial charge < -0.3 is 4.90 Å². The summed E-state index contributed by atoms with van der Waals surface area (Å²) in [5, 5.41) is 2.48. The van der Waals surface area contributed by atoms with E-state index in [9.17, 15) is 0 Å². The van der Waals surface area contributed by atoms with Crippen LogP contribution in [-0.4, -0.2) is 0 Å². The predicted octanol–water partition coefficient (Wildman–Crippen LogP) is 16.9. The average Bonchev–Trinajstić information content (AvgIpc) is 3.62. The van der Waals surface area contributed by atoms with Crippen molar-refractivity contribution in [2.45, 2.75) is 90.9 Å². The quantitative estimate of drug-likeness (QED) is 0.168. The highest BCUT2D eigenvalue weighted by molar-refractivity contribution is 6.07. The Labute approximate surface area is 363 Å². The van der Waals surface area contributed by atoms with E-state index < -0.39 is 0 Å². The van der Waals surface area contributed by atoms with Gasteiger partial charge in [0.1, 0.15) is 0 Å². The van der Waals surface area contributed by atoms with Gasteiger partial charge in [0.15, 0.2) is 0 Å². The zero-order valence-electron chi connectivity index (χ0n) is 37.5. The molecule has 8 aromatic rings. The molecule has 61 heavy (non-hydrogen) atoms. The predicted molar refractivity (Wildman–Crippen MR) is 262 cm³/mol. The summed E-state index contributed by atoms with van der Waals surface area (Å²) in [4.78, 5) is 2.57. The molecule has 0 amide bonds. The smallest absolute Gasteiger partial charge is 0.0546 e. The molecule has 0 saturated carbocycles. The first-order valence-corrected chi connectivity index (χ1v) is 22.1. The molecule has 0 aliphatic heterocycles. The summed E-state index contributed by atoms with van der Waals surface area (Å²) >= 11 is 0. The second-order valence-corrected chi connectivity index (χ2v) is 20.7. The Morgan fingerprint density at radius 2 is 0.918 bits per heavy atom. The molecule has 0 spiro atoms. The lowest BCUT2D eigenvalue weighted by atomic mass is 9.79. The molecule has 0 bridgehead atoms. The number of rotatable bonds is 5. The summed E-state index contributed by atoms with van der Waals surface area (Å²) < 4.78 is 0. The third kappa shape index (κ3) is 6.19. The van der Waals surface area contributed by atoms with Crippen LogP contribution < -0.4 is 4.90 Å². The molecule has 0 radical (unpaired) electrons. The normalized spacial score (nSPS) is 14.7. The van der Waals surface area contributed by atoms with Crippen molar-refractivity contribution in [3.63, 3.8) is 0 Å². The number of fused-ring (bicyclic) bond motifs is 7. The van der Waals surface area contributed by atoms with Crippen LogP contribution in [0.5, 0.6) is 0 Å². The summed E-state index contributed by atoms with van der Waals surface area (Å²) in [5.74, 6) is 0. The molecule has 0 fully saturated rings. The minimum Gasteiger partial charge on any atom is -0.309 e. The van der Waals surface area contributed by atoms with Crippen molar-refractivity contribution in [2.24, 2.45) is 0 Å². The Hall–Kier alpha value is -6.18. The van der Waals surface area contributed by atoms with Crippen LogP contribution in [0, 0.1) is 0 Å².